The molecule has 0 saturated heterocycles. The summed E-state index contributed by atoms with van der Waals surface area (Å²) < 4.78 is 0. The van der Waals surface area contributed by atoms with Crippen LogP contribution in [-0.4, -0.2) is 50.0 Å². The number of aromatic nitrogens is 2. The molecule has 0 spiro atoms. The van der Waals surface area contributed by atoms with E-state index in [2.05, 4.69) is 48.8 Å². The minimum Gasteiger partial charge on any atom is -0.508 e. The van der Waals surface area contributed by atoms with E-state index in [1.165, 1.54) is 12.1 Å². The van der Waals surface area contributed by atoms with Gasteiger partial charge >= 0.3 is 0 Å². The van der Waals surface area contributed by atoms with Crippen molar-refractivity contribution in [3.05, 3.63) is 22.7 Å². The Kier molecular flexibility index (Phi) is 7.37. The minimum absolute atomic E-state index is 0.0293. The van der Waals surface area contributed by atoms with Crippen molar-refractivity contribution in [2.45, 2.75) is 65.7 Å². The molecule has 0 radical (unpaired) electrons. The van der Waals surface area contributed by atoms with E-state index in [-0.39, 0.29) is 47.8 Å². The van der Waals surface area contributed by atoms with Crippen LogP contribution >= 0.6 is 11.6 Å². The zero-order valence-corrected chi connectivity index (χ0v) is 19.8. The average Bonchev–Trinajstić information content (AvgIpc) is 3.13. The van der Waals surface area contributed by atoms with Crippen molar-refractivity contribution in [1.82, 2.24) is 15.5 Å². The van der Waals surface area contributed by atoms with E-state index in [0.29, 0.717) is 29.6 Å². The summed E-state index contributed by atoms with van der Waals surface area (Å²) in [6, 6.07) is 2.77. The van der Waals surface area contributed by atoms with Gasteiger partial charge in [-0.15, -0.1) is 5.53 Å². The van der Waals surface area contributed by atoms with E-state index in [1.807, 2.05) is 16.9 Å². The third-order valence-electron chi connectivity index (χ3n) is 5.22. The van der Waals surface area contributed by atoms with Crippen LogP contribution in [0.5, 0.6) is 11.5 Å². The van der Waals surface area contributed by atoms with Crippen molar-refractivity contribution in [2.75, 3.05) is 27.3 Å². The molecular weight excluding hydrogens is 434 g/mol. The zero-order chi connectivity index (χ0) is 23.6. The number of aliphatic hydroxyl groups is 1. The van der Waals surface area contributed by atoms with Crippen LogP contribution in [-0.2, 0) is 6.54 Å². The van der Waals surface area contributed by atoms with Crippen LogP contribution in [0.3, 0.4) is 0 Å². The number of hydrogen-bond acceptors (Lipinski definition) is 10. The number of phenolic OH excluding ortho intramolecular Hbond substituents is 2. The average molecular weight is 466 g/mol. The number of aromatic hydroxyl groups is 2. The van der Waals surface area contributed by atoms with Crippen LogP contribution in [0.2, 0.25) is 5.02 Å². The van der Waals surface area contributed by atoms with Crippen LogP contribution in [0.25, 0.3) is 0 Å². The molecule has 0 saturated carbocycles. The second-order valence-electron chi connectivity index (χ2n) is 8.31. The van der Waals surface area contributed by atoms with E-state index in [4.69, 9.17) is 16.6 Å². The molecule has 2 heterocycles. The Labute approximate surface area is 193 Å². The second-order valence-corrected chi connectivity index (χ2v) is 8.72. The molecule has 0 bridgehead atoms. The molecule has 2 aromatic rings. The molecule has 11 heteroatoms. The minimum atomic E-state index is -0.179. The van der Waals surface area contributed by atoms with Gasteiger partial charge in [-0.2, -0.15) is 9.97 Å². The summed E-state index contributed by atoms with van der Waals surface area (Å²) in [5.41, 5.74) is 4.61. The predicted octanol–water partition coefficient (Wildman–Crippen LogP) is 3.20. The zero-order valence-electron chi connectivity index (χ0n) is 19.0. The smallest absolute Gasteiger partial charge is 0.227 e. The van der Waals surface area contributed by atoms with Crippen molar-refractivity contribution < 1.29 is 15.3 Å². The molecule has 1 aromatic heterocycles. The summed E-state index contributed by atoms with van der Waals surface area (Å²) in [6.45, 7) is 10.3. The van der Waals surface area contributed by atoms with Gasteiger partial charge in [0.2, 0.25) is 5.95 Å². The van der Waals surface area contributed by atoms with Gasteiger partial charge in [0, 0.05) is 30.3 Å². The molecule has 1 aliphatic heterocycles. The first-order valence-corrected chi connectivity index (χ1v) is 11.1. The number of anilines is 4. The highest BCUT2D eigenvalue weighted by Crippen LogP contribution is 2.41. The first-order valence-electron chi connectivity index (χ1n) is 10.7. The summed E-state index contributed by atoms with van der Waals surface area (Å²) in [6.07, 6.45) is 0.710. The van der Waals surface area contributed by atoms with Gasteiger partial charge in [0.25, 0.3) is 0 Å². The lowest BCUT2D eigenvalue weighted by molar-refractivity contribution is 0.271. The van der Waals surface area contributed by atoms with Gasteiger partial charge in [-0.05, 0) is 40.2 Å². The molecule has 1 aliphatic rings. The Hall–Kier alpha value is -2.69. The van der Waals surface area contributed by atoms with Crippen molar-refractivity contribution >= 4 is 34.9 Å². The third-order valence-corrected chi connectivity index (χ3v) is 5.53. The van der Waals surface area contributed by atoms with Crippen molar-refractivity contribution in [1.29, 1.82) is 0 Å². The molecule has 32 heavy (non-hydrogen) atoms. The summed E-state index contributed by atoms with van der Waals surface area (Å²) in [7, 11) is 0. The number of fused-ring (bicyclic) bond motifs is 1. The summed E-state index contributed by atoms with van der Waals surface area (Å²) >= 11 is 5.88. The summed E-state index contributed by atoms with van der Waals surface area (Å²) in [5.74, 6) is 1.49. The standard InChI is InChI=1S/C21H32ClN7O3/c1-6-14(10-30)24-21-25-19(23-9-13-7-17(32)15(22)8-16(13)31)18-20(26-21)29(12(4)5)27-28(18)11(2)3/h7-8,11-12,14,27,30-32H,6,9-10H2,1-5H3,(H2,23,24,25,26). The predicted molar refractivity (Wildman–Crippen MR) is 127 cm³/mol. The Morgan fingerprint density at radius 1 is 1.06 bits per heavy atom. The van der Waals surface area contributed by atoms with Gasteiger partial charge in [-0.1, -0.05) is 18.5 Å². The van der Waals surface area contributed by atoms with Gasteiger partial charge in [-0.3, -0.25) is 10.0 Å². The van der Waals surface area contributed by atoms with Crippen LogP contribution in [0.4, 0.5) is 23.3 Å². The molecule has 3 rings (SSSR count). The number of benzene rings is 1. The van der Waals surface area contributed by atoms with Crippen molar-refractivity contribution in [3.8, 4) is 11.5 Å². The summed E-state index contributed by atoms with van der Waals surface area (Å²) in [5, 5.41) is 40.2. The molecule has 176 valence electrons. The van der Waals surface area contributed by atoms with E-state index < -0.39 is 0 Å². The van der Waals surface area contributed by atoms with E-state index in [0.717, 1.165) is 5.69 Å². The number of nitrogens with one attached hydrogen (secondary N) is 3. The highest BCUT2D eigenvalue weighted by molar-refractivity contribution is 6.32. The highest BCUT2D eigenvalue weighted by atomic mass is 35.5. The molecule has 0 aliphatic carbocycles. The first-order chi connectivity index (χ1) is 15.2. The van der Waals surface area contributed by atoms with E-state index in [9.17, 15) is 15.3 Å². The number of rotatable bonds is 9. The monoisotopic (exact) mass is 465 g/mol. The normalized spacial score (nSPS) is 14.3. The van der Waals surface area contributed by atoms with Gasteiger partial charge in [0.1, 0.15) is 17.2 Å². The molecule has 1 aromatic carbocycles. The third kappa shape index (κ3) is 4.87. The Balaban J connectivity index is 2.03. The van der Waals surface area contributed by atoms with Crippen molar-refractivity contribution in [2.24, 2.45) is 0 Å². The van der Waals surface area contributed by atoms with E-state index >= 15 is 0 Å². The number of aliphatic hydroxyl groups excluding tert-OH is 1. The topological polar surface area (TPSA) is 129 Å². The van der Waals surface area contributed by atoms with Crippen LogP contribution in [0.1, 0.15) is 46.6 Å². The molecule has 1 unspecified atom stereocenters. The Morgan fingerprint density at radius 2 is 1.75 bits per heavy atom. The first kappa shape index (κ1) is 24.0. The number of nitrogens with zero attached hydrogens (tertiary/aromatic N) is 4. The quantitative estimate of drug-likeness (QED) is 0.307. The van der Waals surface area contributed by atoms with Crippen LogP contribution in [0.15, 0.2) is 12.1 Å². The fraction of sp³-hybridized carbons (Fsp3) is 0.524. The SMILES string of the molecule is CCC(CO)Nc1nc(NCc2cc(O)c(Cl)cc2O)c2c(n1)N(C(C)C)NN2C(C)C. The number of phenols is 2. The lowest BCUT2D eigenvalue weighted by atomic mass is 10.2. The maximum absolute atomic E-state index is 10.2. The largest absolute Gasteiger partial charge is 0.508 e. The molecule has 0 fully saturated rings. The van der Waals surface area contributed by atoms with Gasteiger partial charge < -0.3 is 26.0 Å². The molecular formula is C21H32ClN7O3. The Bertz CT molecular complexity index is 953. The Morgan fingerprint density at radius 3 is 2.34 bits per heavy atom. The number of halogens is 1. The van der Waals surface area contributed by atoms with Gasteiger partial charge in [0.05, 0.1) is 17.7 Å². The second kappa shape index (κ2) is 9.85. The molecule has 10 nitrogen and oxygen atoms in total. The van der Waals surface area contributed by atoms with Crippen molar-refractivity contribution in [3.63, 3.8) is 0 Å². The van der Waals surface area contributed by atoms with E-state index in [1.54, 1.807) is 0 Å². The van der Waals surface area contributed by atoms with Crippen LogP contribution in [0, 0.1) is 0 Å². The maximum atomic E-state index is 10.2. The fourth-order valence-electron chi connectivity index (χ4n) is 3.34. The molecule has 1 atom stereocenters. The summed E-state index contributed by atoms with van der Waals surface area (Å²) in [4.78, 5) is 9.39. The maximum Gasteiger partial charge on any atom is 0.227 e. The number of hydrogen-bond donors (Lipinski definition) is 6. The molecule has 0 amide bonds. The fourth-order valence-corrected chi connectivity index (χ4v) is 3.50. The van der Waals surface area contributed by atoms with Gasteiger partial charge in [-0.25, -0.2) is 0 Å². The lowest BCUT2D eigenvalue weighted by Crippen LogP contribution is -2.50. The highest BCUT2D eigenvalue weighted by Gasteiger charge is 2.35. The van der Waals surface area contributed by atoms with Gasteiger partial charge in [0.15, 0.2) is 11.6 Å². The number of hydrazine groups is 2. The lowest BCUT2D eigenvalue weighted by Gasteiger charge is -2.27. The molecule has 6 N–H and O–H groups in total. The van der Waals surface area contributed by atoms with Crippen LogP contribution < -0.4 is 26.2 Å².